The van der Waals surface area contributed by atoms with E-state index in [1.807, 2.05) is 12.1 Å². The first kappa shape index (κ1) is 21.3. The zero-order chi connectivity index (χ0) is 22.2. The lowest BCUT2D eigenvalue weighted by Gasteiger charge is -2.40. The predicted molar refractivity (Wildman–Crippen MR) is 121 cm³/mol. The van der Waals surface area contributed by atoms with Crippen molar-refractivity contribution in [3.05, 3.63) is 53.1 Å². The largest absolute Gasteiger partial charge is 0.507 e. The Balaban J connectivity index is 1.64. The van der Waals surface area contributed by atoms with Gasteiger partial charge in [0.2, 0.25) is 0 Å². The summed E-state index contributed by atoms with van der Waals surface area (Å²) in [5.41, 5.74) is 1.65. The average molecular weight is 423 g/mol. The molecule has 31 heavy (non-hydrogen) atoms. The van der Waals surface area contributed by atoms with E-state index in [9.17, 15) is 15.0 Å². The number of hydrogen-bond acceptors (Lipinski definition) is 6. The van der Waals surface area contributed by atoms with Gasteiger partial charge in [-0.1, -0.05) is 29.9 Å². The fourth-order valence-corrected chi connectivity index (χ4v) is 4.20. The highest BCUT2D eigenvalue weighted by molar-refractivity contribution is 6.15. The Morgan fingerprint density at radius 1 is 1.13 bits per heavy atom. The molecule has 2 N–H and O–H groups in total. The number of piperazine rings is 1. The summed E-state index contributed by atoms with van der Waals surface area (Å²) in [6.07, 6.45) is 6.11. The Labute approximate surface area is 183 Å². The number of hydrogen-bond donors (Lipinski definition) is 2. The number of rotatable bonds is 2. The van der Waals surface area contributed by atoms with Gasteiger partial charge in [0, 0.05) is 31.8 Å². The molecule has 1 atom stereocenters. The highest BCUT2D eigenvalue weighted by atomic mass is 16.3. The van der Waals surface area contributed by atoms with Crippen LogP contribution < -0.4 is 0 Å². The van der Waals surface area contributed by atoms with E-state index >= 15 is 0 Å². The molecular formula is C24H30N4O3. The van der Waals surface area contributed by atoms with Gasteiger partial charge in [0.15, 0.2) is 5.84 Å². The van der Waals surface area contributed by atoms with E-state index in [0.717, 1.165) is 24.3 Å². The lowest BCUT2D eigenvalue weighted by molar-refractivity contribution is -0.149. The first-order chi connectivity index (χ1) is 14.7. The molecule has 7 nitrogen and oxygen atoms in total. The van der Waals surface area contributed by atoms with Crippen molar-refractivity contribution in [1.82, 2.24) is 9.80 Å². The van der Waals surface area contributed by atoms with Crippen molar-refractivity contribution >= 4 is 17.6 Å². The third-order valence-corrected chi connectivity index (χ3v) is 6.00. The molecule has 1 saturated heterocycles. The third kappa shape index (κ3) is 4.42. The molecule has 0 spiro atoms. The summed E-state index contributed by atoms with van der Waals surface area (Å²) >= 11 is 0. The van der Waals surface area contributed by atoms with Crippen molar-refractivity contribution in [2.45, 2.75) is 45.3 Å². The minimum Gasteiger partial charge on any atom is -0.507 e. The molecule has 1 fully saturated rings. The van der Waals surface area contributed by atoms with Crippen molar-refractivity contribution in [3.63, 3.8) is 0 Å². The molecule has 2 aliphatic heterocycles. The Bertz CT molecular complexity index is 992. The van der Waals surface area contributed by atoms with Crippen LogP contribution in [0.15, 0.2) is 57.5 Å². The summed E-state index contributed by atoms with van der Waals surface area (Å²) < 4.78 is 0. The van der Waals surface area contributed by atoms with E-state index in [-0.39, 0.29) is 17.7 Å². The number of carbonyl (C=O) groups excluding carboxylic acids is 1. The molecule has 4 rings (SSSR count). The maximum absolute atomic E-state index is 12.4. The molecule has 1 amide bonds. The highest BCUT2D eigenvalue weighted by Gasteiger charge is 2.35. The monoisotopic (exact) mass is 422 g/mol. The number of phenolic OH excluding ortho intramolecular Hbond substituents is 1. The third-order valence-electron chi connectivity index (χ3n) is 6.00. The molecule has 164 valence electrons. The van der Waals surface area contributed by atoms with E-state index in [2.05, 4.69) is 24.0 Å². The van der Waals surface area contributed by atoms with Crippen LogP contribution in [-0.2, 0) is 4.79 Å². The fourth-order valence-electron chi connectivity index (χ4n) is 4.20. The second kappa shape index (κ2) is 8.30. The molecule has 0 saturated carbocycles. The van der Waals surface area contributed by atoms with Crippen molar-refractivity contribution < 1.29 is 15.0 Å². The van der Waals surface area contributed by atoms with Crippen LogP contribution in [0.25, 0.3) is 0 Å². The first-order valence-electron chi connectivity index (χ1n) is 10.8. The molecule has 0 aromatic heterocycles. The lowest BCUT2D eigenvalue weighted by Crippen LogP contribution is -2.56. The predicted octanol–water partition coefficient (Wildman–Crippen LogP) is 2.50. The Kier molecular flexibility index (Phi) is 5.71. The van der Waals surface area contributed by atoms with Crippen molar-refractivity contribution in [3.8, 4) is 5.75 Å². The van der Waals surface area contributed by atoms with E-state index in [1.165, 1.54) is 19.4 Å². The number of fused-ring (bicyclic) bond motifs is 1. The fraction of sp³-hybridized carbons (Fsp3) is 0.458. The van der Waals surface area contributed by atoms with Gasteiger partial charge in [-0.25, -0.2) is 4.99 Å². The zero-order valence-corrected chi connectivity index (χ0v) is 18.4. The Morgan fingerprint density at radius 3 is 2.52 bits per heavy atom. The standard InChI is InChI=1S/C24H30N4O3/c1-16-8-10-17-19(11-9-16)25-21(18-6-4-5-7-20(18)29)26-22(17)27-12-14-28(15-13-27)23(30)24(2,3)31/h4-8,10,19,29,31H,9,11-15H2,1-3H3. The summed E-state index contributed by atoms with van der Waals surface area (Å²) in [6, 6.07) is 7.13. The number of para-hydroxylation sites is 1. The minimum atomic E-state index is -1.37. The maximum Gasteiger partial charge on any atom is 0.254 e. The van der Waals surface area contributed by atoms with Gasteiger partial charge in [0.1, 0.15) is 17.2 Å². The lowest BCUT2D eigenvalue weighted by atomic mass is 9.98. The van der Waals surface area contributed by atoms with Gasteiger partial charge in [-0.2, -0.15) is 0 Å². The molecular weight excluding hydrogens is 392 g/mol. The van der Waals surface area contributed by atoms with Crippen LogP contribution in [0.3, 0.4) is 0 Å². The van der Waals surface area contributed by atoms with Gasteiger partial charge < -0.3 is 20.0 Å². The number of allylic oxidation sites excluding steroid dienone is 3. The molecule has 0 bridgehead atoms. The van der Waals surface area contributed by atoms with Gasteiger partial charge in [0.25, 0.3) is 5.91 Å². The number of aromatic hydroxyl groups is 1. The molecule has 2 heterocycles. The molecule has 3 aliphatic rings. The maximum atomic E-state index is 12.4. The smallest absolute Gasteiger partial charge is 0.254 e. The van der Waals surface area contributed by atoms with Crippen LogP contribution in [-0.4, -0.2) is 75.4 Å². The molecule has 1 unspecified atom stereocenters. The second-order valence-corrected chi connectivity index (χ2v) is 8.93. The van der Waals surface area contributed by atoms with Gasteiger partial charge in [-0.15, -0.1) is 0 Å². The van der Waals surface area contributed by atoms with E-state index < -0.39 is 5.60 Å². The van der Waals surface area contributed by atoms with Gasteiger partial charge in [-0.3, -0.25) is 9.79 Å². The summed E-state index contributed by atoms with van der Waals surface area (Å²) in [6.45, 7) is 7.48. The molecule has 7 heteroatoms. The Hall–Kier alpha value is -2.93. The second-order valence-electron chi connectivity index (χ2n) is 8.93. The highest BCUT2D eigenvalue weighted by Crippen LogP contribution is 2.30. The van der Waals surface area contributed by atoms with Crippen LogP contribution in [0.2, 0.25) is 0 Å². The number of carbonyl (C=O) groups is 1. The van der Waals surface area contributed by atoms with E-state index in [0.29, 0.717) is 37.6 Å². The first-order valence-corrected chi connectivity index (χ1v) is 10.8. The number of benzene rings is 1. The normalized spacial score (nSPS) is 22.0. The topological polar surface area (TPSA) is 88.7 Å². The number of amides is 1. The summed E-state index contributed by atoms with van der Waals surface area (Å²) in [5, 5.41) is 20.4. The minimum absolute atomic E-state index is 0.0214. The number of aliphatic imine (C=N–C) groups is 2. The van der Waals surface area contributed by atoms with Crippen molar-refractivity contribution in [2.24, 2.45) is 9.98 Å². The summed E-state index contributed by atoms with van der Waals surface area (Å²) in [7, 11) is 0. The van der Waals surface area contributed by atoms with Gasteiger partial charge in [0.05, 0.1) is 11.6 Å². The Morgan fingerprint density at radius 2 is 1.84 bits per heavy atom. The average Bonchev–Trinajstić information content (AvgIpc) is 2.94. The molecule has 0 radical (unpaired) electrons. The van der Waals surface area contributed by atoms with Crippen molar-refractivity contribution in [1.29, 1.82) is 0 Å². The molecule has 1 aromatic rings. The summed E-state index contributed by atoms with van der Waals surface area (Å²) in [4.78, 5) is 26.1. The van der Waals surface area contributed by atoms with Crippen LogP contribution >= 0.6 is 0 Å². The van der Waals surface area contributed by atoms with Crippen LogP contribution in [0.5, 0.6) is 5.75 Å². The van der Waals surface area contributed by atoms with Crippen molar-refractivity contribution in [2.75, 3.05) is 26.2 Å². The van der Waals surface area contributed by atoms with Crippen LogP contribution in [0.4, 0.5) is 0 Å². The quantitative estimate of drug-likeness (QED) is 0.767. The number of aliphatic hydroxyl groups is 1. The van der Waals surface area contributed by atoms with Gasteiger partial charge in [-0.05, 0) is 45.7 Å². The van der Waals surface area contributed by atoms with Crippen LogP contribution in [0.1, 0.15) is 39.2 Å². The SMILES string of the molecule is CC1=CC=C2C(N3CCN(C(=O)C(C)(C)O)CC3)=NC(c3ccccc3O)=NC2CC1. The number of amidine groups is 2. The molecule has 1 aromatic carbocycles. The zero-order valence-electron chi connectivity index (χ0n) is 18.4. The van der Waals surface area contributed by atoms with Gasteiger partial charge >= 0.3 is 0 Å². The molecule has 1 aliphatic carbocycles. The number of nitrogens with zero attached hydrogens (tertiary/aromatic N) is 4. The van der Waals surface area contributed by atoms with E-state index in [4.69, 9.17) is 9.98 Å². The van der Waals surface area contributed by atoms with Crippen LogP contribution in [0, 0.1) is 0 Å². The number of phenols is 1. The van der Waals surface area contributed by atoms with E-state index in [1.54, 1.807) is 17.0 Å². The summed E-state index contributed by atoms with van der Waals surface area (Å²) in [5.74, 6) is 1.32.